The van der Waals surface area contributed by atoms with E-state index in [0.717, 1.165) is 24.1 Å². The summed E-state index contributed by atoms with van der Waals surface area (Å²) in [6, 6.07) is 8.01. The first-order valence-electron chi connectivity index (χ1n) is 9.19. The number of anilines is 1. The molecule has 0 aromatic heterocycles. The number of benzene rings is 1. The summed E-state index contributed by atoms with van der Waals surface area (Å²) in [7, 11) is 0. The van der Waals surface area contributed by atoms with E-state index in [1.54, 1.807) is 4.90 Å². The van der Waals surface area contributed by atoms with Crippen molar-refractivity contribution in [3.63, 3.8) is 0 Å². The molecule has 1 aliphatic rings. The first-order chi connectivity index (χ1) is 11.5. The van der Waals surface area contributed by atoms with E-state index in [2.05, 4.69) is 19.2 Å². The van der Waals surface area contributed by atoms with E-state index < -0.39 is 0 Å². The highest BCUT2D eigenvalue weighted by molar-refractivity contribution is 6.00. The standard InChI is InChI=1S/C20H30N2O2/c1-4-5-6-7-11-16(3)21-20(24)17-13-19(23)22(14-17)18-12-9-8-10-15(18)2/h8-10,12,16-17H,4-7,11,13-14H2,1-3H3,(H,21,24). The molecule has 1 N–H and O–H groups in total. The molecule has 1 aliphatic heterocycles. The molecular formula is C20H30N2O2. The third kappa shape index (κ3) is 4.83. The van der Waals surface area contributed by atoms with Gasteiger partial charge in [0.05, 0.1) is 5.92 Å². The molecule has 1 aromatic rings. The number of aryl methyl sites for hydroxylation is 1. The van der Waals surface area contributed by atoms with Gasteiger partial charge in [-0.05, 0) is 31.9 Å². The Kier molecular flexibility index (Phi) is 6.83. The van der Waals surface area contributed by atoms with Crippen molar-refractivity contribution in [2.75, 3.05) is 11.4 Å². The fourth-order valence-electron chi connectivity index (χ4n) is 3.29. The average Bonchev–Trinajstić information content (AvgIpc) is 2.94. The van der Waals surface area contributed by atoms with E-state index in [9.17, 15) is 9.59 Å². The Bertz CT molecular complexity index is 571. The quantitative estimate of drug-likeness (QED) is 0.737. The normalized spacial score (nSPS) is 18.7. The maximum Gasteiger partial charge on any atom is 0.227 e. The highest BCUT2D eigenvalue weighted by Gasteiger charge is 2.35. The van der Waals surface area contributed by atoms with Crippen LogP contribution in [0.25, 0.3) is 0 Å². The van der Waals surface area contributed by atoms with Crippen LogP contribution in [0.3, 0.4) is 0 Å². The van der Waals surface area contributed by atoms with Crippen LogP contribution in [-0.4, -0.2) is 24.4 Å². The predicted molar refractivity (Wildman–Crippen MR) is 98.0 cm³/mol. The molecule has 2 rings (SSSR count). The van der Waals surface area contributed by atoms with E-state index >= 15 is 0 Å². The number of nitrogens with one attached hydrogen (secondary N) is 1. The molecule has 1 saturated heterocycles. The molecule has 0 spiro atoms. The van der Waals surface area contributed by atoms with Gasteiger partial charge in [-0.3, -0.25) is 9.59 Å². The zero-order chi connectivity index (χ0) is 17.5. The van der Waals surface area contributed by atoms with Crippen LogP contribution in [0, 0.1) is 12.8 Å². The van der Waals surface area contributed by atoms with Gasteiger partial charge in [0, 0.05) is 24.7 Å². The number of unbranched alkanes of at least 4 members (excludes halogenated alkanes) is 3. The average molecular weight is 330 g/mol. The minimum Gasteiger partial charge on any atom is -0.353 e. The SMILES string of the molecule is CCCCCCC(C)NC(=O)C1CC(=O)N(c2ccccc2C)C1. The van der Waals surface area contributed by atoms with Crippen LogP contribution in [0.2, 0.25) is 0 Å². The molecule has 2 unspecified atom stereocenters. The molecule has 0 radical (unpaired) electrons. The first-order valence-corrected chi connectivity index (χ1v) is 9.19. The van der Waals surface area contributed by atoms with Gasteiger partial charge in [-0.1, -0.05) is 50.8 Å². The molecule has 4 heteroatoms. The molecule has 132 valence electrons. The first kappa shape index (κ1) is 18.5. The van der Waals surface area contributed by atoms with E-state index in [4.69, 9.17) is 0 Å². The Morgan fingerprint density at radius 3 is 2.75 bits per heavy atom. The van der Waals surface area contributed by atoms with Crippen molar-refractivity contribution in [2.45, 2.75) is 65.3 Å². The van der Waals surface area contributed by atoms with Gasteiger partial charge < -0.3 is 10.2 Å². The van der Waals surface area contributed by atoms with Crippen molar-refractivity contribution in [1.29, 1.82) is 0 Å². The zero-order valence-corrected chi connectivity index (χ0v) is 15.2. The Morgan fingerprint density at radius 2 is 2.04 bits per heavy atom. The summed E-state index contributed by atoms with van der Waals surface area (Å²) < 4.78 is 0. The molecule has 24 heavy (non-hydrogen) atoms. The second-order valence-electron chi connectivity index (χ2n) is 6.95. The lowest BCUT2D eigenvalue weighted by atomic mass is 10.1. The topological polar surface area (TPSA) is 49.4 Å². The zero-order valence-electron chi connectivity index (χ0n) is 15.2. The highest BCUT2D eigenvalue weighted by Crippen LogP contribution is 2.27. The monoisotopic (exact) mass is 330 g/mol. The Morgan fingerprint density at radius 1 is 1.29 bits per heavy atom. The lowest BCUT2D eigenvalue weighted by molar-refractivity contribution is -0.126. The van der Waals surface area contributed by atoms with E-state index in [1.165, 1.54) is 19.3 Å². The number of para-hydroxylation sites is 1. The van der Waals surface area contributed by atoms with E-state index in [1.807, 2.05) is 31.2 Å². The van der Waals surface area contributed by atoms with Gasteiger partial charge in [-0.15, -0.1) is 0 Å². The maximum atomic E-state index is 12.5. The maximum absolute atomic E-state index is 12.5. The molecule has 1 heterocycles. The predicted octanol–water partition coefficient (Wildman–Crippen LogP) is 3.82. The molecule has 0 aliphatic carbocycles. The van der Waals surface area contributed by atoms with Gasteiger partial charge in [-0.2, -0.15) is 0 Å². The summed E-state index contributed by atoms with van der Waals surface area (Å²) in [6.07, 6.45) is 6.16. The molecule has 1 fully saturated rings. The van der Waals surface area contributed by atoms with Crippen molar-refractivity contribution in [3.8, 4) is 0 Å². The smallest absolute Gasteiger partial charge is 0.227 e. The largest absolute Gasteiger partial charge is 0.353 e. The summed E-state index contributed by atoms with van der Waals surface area (Å²) in [5.41, 5.74) is 1.99. The highest BCUT2D eigenvalue weighted by atomic mass is 16.2. The van der Waals surface area contributed by atoms with Crippen LogP contribution >= 0.6 is 0 Å². The lowest BCUT2D eigenvalue weighted by Gasteiger charge is -2.20. The summed E-state index contributed by atoms with van der Waals surface area (Å²) in [5, 5.41) is 3.09. The molecular weight excluding hydrogens is 300 g/mol. The van der Waals surface area contributed by atoms with Gasteiger partial charge in [-0.25, -0.2) is 0 Å². The number of hydrogen-bond donors (Lipinski definition) is 1. The van der Waals surface area contributed by atoms with Gasteiger partial charge in [0.1, 0.15) is 0 Å². The molecule has 2 amide bonds. The van der Waals surface area contributed by atoms with E-state index in [0.29, 0.717) is 13.0 Å². The van der Waals surface area contributed by atoms with Crippen molar-refractivity contribution in [3.05, 3.63) is 29.8 Å². The Labute approximate surface area is 145 Å². The minimum absolute atomic E-state index is 0.0161. The van der Waals surface area contributed by atoms with Crippen LogP contribution in [-0.2, 0) is 9.59 Å². The Hall–Kier alpha value is -1.84. The number of carbonyl (C=O) groups is 2. The van der Waals surface area contributed by atoms with E-state index in [-0.39, 0.29) is 23.8 Å². The number of rotatable bonds is 8. The van der Waals surface area contributed by atoms with Crippen molar-refractivity contribution >= 4 is 17.5 Å². The van der Waals surface area contributed by atoms with Crippen molar-refractivity contribution in [2.24, 2.45) is 5.92 Å². The number of nitrogens with zero attached hydrogens (tertiary/aromatic N) is 1. The second kappa shape index (κ2) is 8.86. The van der Waals surface area contributed by atoms with Gasteiger partial charge in [0.2, 0.25) is 11.8 Å². The van der Waals surface area contributed by atoms with Crippen LogP contribution in [0.15, 0.2) is 24.3 Å². The summed E-state index contributed by atoms with van der Waals surface area (Å²) >= 11 is 0. The van der Waals surface area contributed by atoms with Crippen LogP contribution < -0.4 is 10.2 Å². The number of amides is 2. The molecule has 4 nitrogen and oxygen atoms in total. The number of carbonyl (C=O) groups excluding carboxylic acids is 2. The minimum atomic E-state index is -0.241. The Balaban J connectivity index is 1.86. The van der Waals surface area contributed by atoms with Crippen LogP contribution in [0.5, 0.6) is 0 Å². The van der Waals surface area contributed by atoms with Crippen LogP contribution in [0.4, 0.5) is 5.69 Å². The summed E-state index contributed by atoms with van der Waals surface area (Å²) in [4.78, 5) is 26.5. The summed E-state index contributed by atoms with van der Waals surface area (Å²) in [5.74, 6) is -0.183. The summed E-state index contributed by atoms with van der Waals surface area (Å²) in [6.45, 7) is 6.73. The number of hydrogen-bond acceptors (Lipinski definition) is 2. The molecule has 0 bridgehead atoms. The van der Waals surface area contributed by atoms with Gasteiger partial charge in [0.15, 0.2) is 0 Å². The second-order valence-corrected chi connectivity index (χ2v) is 6.95. The molecule has 1 aromatic carbocycles. The van der Waals surface area contributed by atoms with Gasteiger partial charge >= 0.3 is 0 Å². The lowest BCUT2D eigenvalue weighted by Crippen LogP contribution is -2.38. The fourth-order valence-corrected chi connectivity index (χ4v) is 3.29. The molecule has 0 saturated carbocycles. The van der Waals surface area contributed by atoms with Gasteiger partial charge in [0.25, 0.3) is 0 Å². The fraction of sp³-hybridized carbons (Fsp3) is 0.600. The van der Waals surface area contributed by atoms with Crippen LogP contribution in [0.1, 0.15) is 57.9 Å². The molecule has 2 atom stereocenters. The van der Waals surface area contributed by atoms with Crippen molar-refractivity contribution < 1.29 is 9.59 Å². The third-order valence-corrected chi connectivity index (χ3v) is 4.78. The van der Waals surface area contributed by atoms with Crippen molar-refractivity contribution in [1.82, 2.24) is 5.32 Å². The third-order valence-electron chi connectivity index (χ3n) is 4.78.